The Kier molecular flexibility index (Phi) is 1.98. The summed E-state index contributed by atoms with van der Waals surface area (Å²) in [5.74, 6) is 0.352. The number of aromatic amines is 1. The molecule has 16 heavy (non-hydrogen) atoms. The fourth-order valence-electron chi connectivity index (χ4n) is 1.70. The number of H-pyrrole nitrogens is 1. The minimum atomic E-state index is 0.352. The van der Waals surface area contributed by atoms with Crippen molar-refractivity contribution in [3.05, 3.63) is 41.7 Å². The molecule has 0 bridgehead atoms. The Bertz CT molecular complexity index is 687. The lowest BCUT2D eigenvalue weighted by Crippen LogP contribution is -1.76. The summed E-state index contributed by atoms with van der Waals surface area (Å²) in [7, 11) is 0. The summed E-state index contributed by atoms with van der Waals surface area (Å²) in [4.78, 5) is 6.98. The van der Waals surface area contributed by atoms with Crippen LogP contribution < -0.4 is 0 Å². The van der Waals surface area contributed by atoms with Crippen LogP contribution in [0.1, 0.15) is 5.82 Å². The number of aromatic nitrogens is 2. The van der Waals surface area contributed by atoms with Crippen LogP contribution in [0.5, 0.6) is 0 Å². The summed E-state index contributed by atoms with van der Waals surface area (Å²) in [6.07, 6.45) is 1.70. The predicted molar refractivity (Wildman–Crippen MR) is 64.1 cm³/mol. The van der Waals surface area contributed by atoms with Gasteiger partial charge in [0.25, 0.3) is 0 Å². The number of hydrogen-bond acceptors (Lipinski definition) is 3. The molecule has 0 amide bonds. The van der Waals surface area contributed by atoms with Crippen LogP contribution in [0.25, 0.3) is 21.3 Å². The van der Waals surface area contributed by atoms with E-state index in [1.165, 1.54) is 10.1 Å². The van der Waals surface area contributed by atoms with Gasteiger partial charge in [0.15, 0.2) is 0 Å². The summed E-state index contributed by atoms with van der Waals surface area (Å²) in [6.45, 7) is 0. The molecular weight excluding hydrogens is 218 g/mol. The summed E-state index contributed by atoms with van der Waals surface area (Å²) in [6, 6.07) is 10.2. The number of hydrogen-bond donors (Lipinski definition) is 1. The maximum atomic E-state index is 8.72. The lowest BCUT2D eigenvalue weighted by Gasteiger charge is -1.93. The van der Waals surface area contributed by atoms with E-state index in [0.29, 0.717) is 5.82 Å². The summed E-state index contributed by atoms with van der Waals surface area (Å²) >= 11 is 1.69. The Labute approximate surface area is 96.0 Å². The lowest BCUT2D eigenvalue weighted by atomic mass is 10.1. The summed E-state index contributed by atoms with van der Waals surface area (Å²) < 4.78 is 1.24. The number of benzene rings is 1. The van der Waals surface area contributed by atoms with Gasteiger partial charge in [-0.25, -0.2) is 4.98 Å². The minimum Gasteiger partial charge on any atom is -0.329 e. The van der Waals surface area contributed by atoms with Crippen LogP contribution in [0.2, 0.25) is 0 Å². The highest BCUT2D eigenvalue weighted by atomic mass is 32.1. The first kappa shape index (κ1) is 9.13. The molecule has 3 aromatic rings. The van der Waals surface area contributed by atoms with E-state index in [9.17, 15) is 0 Å². The number of imidazole rings is 1. The van der Waals surface area contributed by atoms with E-state index in [1.54, 1.807) is 17.5 Å². The molecule has 1 N–H and O–H groups in total. The zero-order valence-corrected chi connectivity index (χ0v) is 9.08. The second-order valence-electron chi connectivity index (χ2n) is 3.40. The molecule has 0 unspecified atom stereocenters. The standard InChI is InChI=1S/C12H7N3S/c13-5-12-14-6-10(15-12)9-7-16-11-4-2-1-3-8(9)11/h1-4,6-7H,(H,14,15). The normalized spacial score (nSPS) is 10.4. The SMILES string of the molecule is N#Cc1ncc(-c2csc3ccccc23)[nH]1. The third-order valence-corrected chi connectivity index (χ3v) is 3.42. The number of nitriles is 1. The third-order valence-electron chi connectivity index (χ3n) is 2.45. The molecule has 0 aliphatic rings. The predicted octanol–water partition coefficient (Wildman–Crippen LogP) is 3.16. The van der Waals surface area contributed by atoms with Gasteiger partial charge in [-0.2, -0.15) is 5.26 Å². The molecule has 0 aliphatic heterocycles. The number of rotatable bonds is 1. The first-order valence-electron chi connectivity index (χ1n) is 4.80. The minimum absolute atomic E-state index is 0.352. The van der Waals surface area contributed by atoms with Crippen molar-refractivity contribution in [2.45, 2.75) is 0 Å². The van der Waals surface area contributed by atoms with Gasteiger partial charge in [0.2, 0.25) is 5.82 Å². The van der Waals surface area contributed by atoms with Crippen LogP contribution in [0, 0.1) is 11.3 Å². The molecule has 3 rings (SSSR count). The highest BCUT2D eigenvalue weighted by Crippen LogP contribution is 2.32. The van der Waals surface area contributed by atoms with Gasteiger partial charge in [-0.1, -0.05) is 18.2 Å². The second-order valence-corrected chi connectivity index (χ2v) is 4.31. The number of thiophene rings is 1. The van der Waals surface area contributed by atoms with Crippen LogP contribution in [-0.2, 0) is 0 Å². The maximum absolute atomic E-state index is 8.72. The highest BCUT2D eigenvalue weighted by Gasteiger charge is 2.08. The first-order chi connectivity index (χ1) is 7.88. The smallest absolute Gasteiger partial charge is 0.210 e. The van der Waals surface area contributed by atoms with E-state index >= 15 is 0 Å². The Balaban J connectivity index is 2.23. The largest absolute Gasteiger partial charge is 0.329 e. The van der Waals surface area contributed by atoms with Crippen molar-refractivity contribution < 1.29 is 0 Å². The van der Waals surface area contributed by atoms with Gasteiger partial charge in [0.1, 0.15) is 6.07 Å². The van der Waals surface area contributed by atoms with Crippen LogP contribution in [0.4, 0.5) is 0 Å². The quantitative estimate of drug-likeness (QED) is 0.691. The number of nitrogens with one attached hydrogen (secondary N) is 1. The first-order valence-corrected chi connectivity index (χ1v) is 5.68. The van der Waals surface area contributed by atoms with Crippen molar-refractivity contribution in [1.82, 2.24) is 9.97 Å². The van der Waals surface area contributed by atoms with E-state index in [0.717, 1.165) is 11.3 Å². The zero-order valence-electron chi connectivity index (χ0n) is 8.27. The second kappa shape index (κ2) is 3.47. The topological polar surface area (TPSA) is 52.5 Å². The van der Waals surface area contributed by atoms with Crippen molar-refractivity contribution >= 4 is 21.4 Å². The van der Waals surface area contributed by atoms with Crippen molar-refractivity contribution in [2.24, 2.45) is 0 Å². The van der Waals surface area contributed by atoms with Crippen LogP contribution in [-0.4, -0.2) is 9.97 Å². The van der Waals surface area contributed by atoms with E-state index in [-0.39, 0.29) is 0 Å². The molecular formula is C12H7N3S. The Hall–Kier alpha value is -2.12. The van der Waals surface area contributed by atoms with Crippen LogP contribution >= 0.6 is 11.3 Å². The molecule has 0 fully saturated rings. The van der Waals surface area contributed by atoms with E-state index in [2.05, 4.69) is 27.5 Å². The van der Waals surface area contributed by atoms with E-state index in [4.69, 9.17) is 5.26 Å². The van der Waals surface area contributed by atoms with E-state index < -0.39 is 0 Å². The number of nitrogens with zero attached hydrogens (tertiary/aromatic N) is 2. The summed E-state index contributed by atoms with van der Waals surface area (Å²) in [5.41, 5.74) is 2.00. The van der Waals surface area contributed by atoms with Gasteiger partial charge in [0.05, 0.1) is 11.9 Å². The molecule has 0 saturated carbocycles. The fraction of sp³-hybridized carbons (Fsp3) is 0. The molecule has 0 radical (unpaired) electrons. The molecule has 4 heteroatoms. The van der Waals surface area contributed by atoms with Crippen molar-refractivity contribution in [3.8, 4) is 17.3 Å². The van der Waals surface area contributed by atoms with Crippen molar-refractivity contribution in [3.63, 3.8) is 0 Å². The average molecular weight is 225 g/mol. The molecule has 2 aromatic heterocycles. The van der Waals surface area contributed by atoms with Crippen molar-refractivity contribution in [1.29, 1.82) is 5.26 Å². The molecule has 0 saturated heterocycles. The molecule has 76 valence electrons. The Morgan fingerprint density at radius 1 is 1.31 bits per heavy atom. The summed E-state index contributed by atoms with van der Waals surface area (Å²) in [5, 5.41) is 12.0. The molecule has 0 spiro atoms. The molecule has 0 atom stereocenters. The van der Waals surface area contributed by atoms with E-state index in [1.807, 2.05) is 18.2 Å². The highest BCUT2D eigenvalue weighted by molar-refractivity contribution is 7.17. The van der Waals surface area contributed by atoms with Gasteiger partial charge >= 0.3 is 0 Å². The lowest BCUT2D eigenvalue weighted by molar-refractivity contribution is 1.23. The number of fused-ring (bicyclic) bond motifs is 1. The monoisotopic (exact) mass is 225 g/mol. The van der Waals surface area contributed by atoms with Gasteiger partial charge < -0.3 is 4.98 Å². The molecule has 2 heterocycles. The zero-order chi connectivity index (χ0) is 11.0. The molecule has 0 aliphatic carbocycles. The van der Waals surface area contributed by atoms with Crippen molar-refractivity contribution in [2.75, 3.05) is 0 Å². The molecule has 3 nitrogen and oxygen atoms in total. The Morgan fingerprint density at radius 2 is 2.19 bits per heavy atom. The van der Waals surface area contributed by atoms with Gasteiger partial charge in [-0.3, -0.25) is 0 Å². The Morgan fingerprint density at radius 3 is 3.00 bits per heavy atom. The third kappa shape index (κ3) is 1.30. The van der Waals surface area contributed by atoms with Crippen LogP contribution in [0.3, 0.4) is 0 Å². The maximum Gasteiger partial charge on any atom is 0.210 e. The average Bonchev–Trinajstić information content (AvgIpc) is 2.94. The fourth-order valence-corrected chi connectivity index (χ4v) is 2.66. The van der Waals surface area contributed by atoms with Gasteiger partial charge in [-0.15, -0.1) is 11.3 Å². The van der Waals surface area contributed by atoms with Gasteiger partial charge in [-0.05, 0) is 6.07 Å². The van der Waals surface area contributed by atoms with Crippen LogP contribution in [0.15, 0.2) is 35.8 Å². The molecule has 1 aromatic carbocycles. The van der Waals surface area contributed by atoms with Gasteiger partial charge in [0, 0.05) is 21.0 Å².